The van der Waals surface area contributed by atoms with E-state index in [-0.39, 0.29) is 12.5 Å². The average Bonchev–Trinajstić information content (AvgIpc) is 2.58. The molecule has 6 nitrogen and oxygen atoms in total. The second-order valence-electron chi connectivity index (χ2n) is 5.35. The minimum atomic E-state index is -0.605. The van der Waals surface area contributed by atoms with Gasteiger partial charge >= 0.3 is 6.09 Å². The summed E-state index contributed by atoms with van der Waals surface area (Å²) in [7, 11) is 1.55. The Morgan fingerprint density at radius 3 is 2.54 bits per heavy atom. The van der Waals surface area contributed by atoms with Gasteiger partial charge in [-0.2, -0.15) is 0 Å². The molecule has 0 aliphatic heterocycles. The maximum atomic E-state index is 11.9. The number of benzene rings is 1. The van der Waals surface area contributed by atoms with Gasteiger partial charge in [0.15, 0.2) is 0 Å². The highest BCUT2D eigenvalue weighted by Crippen LogP contribution is 2.04. The Hall–Kier alpha value is -2.15. The zero-order valence-electron chi connectivity index (χ0n) is 14.1. The highest BCUT2D eigenvalue weighted by Gasteiger charge is 2.19. The van der Waals surface area contributed by atoms with Gasteiger partial charge in [0.25, 0.3) is 0 Å². The van der Waals surface area contributed by atoms with Crippen LogP contribution < -0.4 is 16.0 Å². The summed E-state index contributed by atoms with van der Waals surface area (Å²) in [6.45, 7) is 2.76. The van der Waals surface area contributed by atoms with E-state index in [0.29, 0.717) is 6.42 Å². The minimum Gasteiger partial charge on any atom is -0.445 e. The van der Waals surface area contributed by atoms with Crippen molar-refractivity contribution in [3.8, 4) is 0 Å². The van der Waals surface area contributed by atoms with Crippen molar-refractivity contribution < 1.29 is 14.3 Å². The van der Waals surface area contributed by atoms with Crippen molar-refractivity contribution in [2.24, 2.45) is 0 Å². The van der Waals surface area contributed by atoms with E-state index in [0.717, 1.165) is 29.9 Å². The second-order valence-corrected chi connectivity index (χ2v) is 5.96. The number of carbonyl (C=O) groups excluding carboxylic acids is 2. The van der Waals surface area contributed by atoms with Crippen molar-refractivity contribution in [3.63, 3.8) is 0 Å². The fourth-order valence-electron chi connectivity index (χ4n) is 2.09. The van der Waals surface area contributed by atoms with Crippen molar-refractivity contribution >= 4 is 29.2 Å². The average molecular weight is 351 g/mol. The fourth-order valence-corrected chi connectivity index (χ4v) is 2.19. The summed E-state index contributed by atoms with van der Waals surface area (Å²) in [5.74, 6) is -0.231. The van der Waals surface area contributed by atoms with E-state index in [9.17, 15) is 9.59 Å². The number of thiocarbonyl (C=S) groups is 1. The lowest BCUT2D eigenvalue weighted by Gasteiger charge is -2.17. The minimum absolute atomic E-state index is 0.172. The number of likely N-dealkylation sites (N-methyl/N-ethyl adjacent to an activating group) is 1. The monoisotopic (exact) mass is 351 g/mol. The van der Waals surface area contributed by atoms with Gasteiger partial charge in [0.1, 0.15) is 12.6 Å². The van der Waals surface area contributed by atoms with Crippen LogP contribution in [0.2, 0.25) is 0 Å². The molecule has 0 unspecified atom stereocenters. The van der Waals surface area contributed by atoms with Crippen LogP contribution >= 0.6 is 12.2 Å². The zero-order chi connectivity index (χ0) is 17.8. The molecule has 0 aliphatic rings. The van der Waals surface area contributed by atoms with E-state index < -0.39 is 12.1 Å². The van der Waals surface area contributed by atoms with E-state index in [4.69, 9.17) is 17.0 Å². The van der Waals surface area contributed by atoms with Crippen molar-refractivity contribution in [1.29, 1.82) is 0 Å². The number of unbranched alkanes of at least 4 members (excludes halogenated alkanes) is 1. The van der Waals surface area contributed by atoms with E-state index in [2.05, 4.69) is 16.0 Å². The Balaban J connectivity index is 2.36. The SMILES string of the molecule is CNC(=O)[C@H](CCCCNC(C)=S)NC(=O)OCc1ccccc1. The van der Waals surface area contributed by atoms with Crippen molar-refractivity contribution in [2.75, 3.05) is 13.6 Å². The molecule has 24 heavy (non-hydrogen) atoms. The third-order valence-corrected chi connectivity index (χ3v) is 3.51. The van der Waals surface area contributed by atoms with Crippen LogP contribution in [0.4, 0.5) is 4.79 Å². The first-order valence-corrected chi connectivity index (χ1v) is 8.37. The van der Waals surface area contributed by atoms with Gasteiger partial charge in [0.2, 0.25) is 5.91 Å². The Labute approximate surface area is 148 Å². The second kappa shape index (κ2) is 11.4. The Morgan fingerprint density at radius 1 is 1.21 bits per heavy atom. The summed E-state index contributed by atoms with van der Waals surface area (Å²) < 4.78 is 5.15. The van der Waals surface area contributed by atoms with Crippen LogP contribution in [0.15, 0.2) is 30.3 Å². The maximum Gasteiger partial charge on any atom is 0.408 e. The molecular formula is C17H25N3O3S. The van der Waals surface area contributed by atoms with Gasteiger partial charge in [-0.1, -0.05) is 42.5 Å². The Bertz CT molecular complexity index is 537. The van der Waals surface area contributed by atoms with Crippen LogP contribution in [0.1, 0.15) is 31.7 Å². The molecule has 2 amide bonds. The number of ether oxygens (including phenoxy) is 1. The van der Waals surface area contributed by atoms with Gasteiger partial charge < -0.3 is 20.7 Å². The molecule has 1 aromatic rings. The highest BCUT2D eigenvalue weighted by molar-refractivity contribution is 7.80. The summed E-state index contributed by atoms with van der Waals surface area (Å²) in [6, 6.07) is 8.78. The molecule has 1 atom stereocenters. The molecule has 0 bridgehead atoms. The van der Waals surface area contributed by atoms with E-state index in [1.54, 1.807) is 7.05 Å². The summed E-state index contributed by atoms with van der Waals surface area (Å²) in [5.41, 5.74) is 0.894. The predicted octanol–water partition coefficient (Wildman–Crippen LogP) is 2.13. The Morgan fingerprint density at radius 2 is 1.92 bits per heavy atom. The number of hydrogen-bond donors (Lipinski definition) is 3. The summed E-state index contributed by atoms with van der Waals surface area (Å²) in [4.78, 5) is 24.5. The molecule has 0 saturated heterocycles. The number of nitrogens with one attached hydrogen (secondary N) is 3. The quantitative estimate of drug-likeness (QED) is 0.469. The molecule has 0 aromatic heterocycles. The van der Waals surface area contributed by atoms with Gasteiger partial charge in [-0.15, -0.1) is 0 Å². The van der Waals surface area contributed by atoms with E-state index in [1.165, 1.54) is 0 Å². The first kappa shape index (κ1) is 19.9. The summed E-state index contributed by atoms with van der Waals surface area (Å²) >= 11 is 4.93. The molecule has 1 aromatic carbocycles. The van der Waals surface area contributed by atoms with Crippen LogP contribution in [0.25, 0.3) is 0 Å². The third kappa shape index (κ3) is 8.47. The third-order valence-electron chi connectivity index (χ3n) is 3.36. The van der Waals surface area contributed by atoms with Crippen LogP contribution in [0, 0.1) is 0 Å². The lowest BCUT2D eigenvalue weighted by molar-refractivity contribution is -0.122. The molecule has 3 N–H and O–H groups in total. The molecule has 0 radical (unpaired) electrons. The Kier molecular flexibility index (Phi) is 9.45. The largest absolute Gasteiger partial charge is 0.445 e. The summed E-state index contributed by atoms with van der Waals surface area (Å²) in [6.07, 6.45) is 1.59. The van der Waals surface area contributed by atoms with Crippen LogP contribution in [-0.4, -0.2) is 36.6 Å². The molecular weight excluding hydrogens is 326 g/mol. The number of carbonyl (C=O) groups is 2. The highest BCUT2D eigenvalue weighted by atomic mass is 32.1. The van der Waals surface area contributed by atoms with Crippen molar-refractivity contribution in [1.82, 2.24) is 16.0 Å². The smallest absolute Gasteiger partial charge is 0.408 e. The van der Waals surface area contributed by atoms with Crippen LogP contribution in [-0.2, 0) is 16.1 Å². The first-order chi connectivity index (χ1) is 11.5. The number of alkyl carbamates (subject to hydrolysis) is 1. The molecule has 7 heteroatoms. The standard InChI is InChI=1S/C17H25N3O3S/c1-13(24)19-11-7-6-10-15(16(21)18-2)20-17(22)23-12-14-8-4-3-5-9-14/h3-5,8-9,15H,6-7,10-12H2,1-2H3,(H,18,21)(H,19,24)(H,20,22)/t15-/m0/s1. The van der Waals surface area contributed by atoms with Crippen LogP contribution in [0.5, 0.6) is 0 Å². The zero-order valence-corrected chi connectivity index (χ0v) is 14.9. The molecule has 0 aliphatic carbocycles. The number of rotatable bonds is 9. The van der Waals surface area contributed by atoms with Crippen molar-refractivity contribution in [2.45, 2.75) is 38.8 Å². The number of hydrogen-bond acceptors (Lipinski definition) is 4. The van der Waals surface area contributed by atoms with Crippen LogP contribution in [0.3, 0.4) is 0 Å². The van der Waals surface area contributed by atoms with Gasteiger partial charge in [0.05, 0.1) is 4.99 Å². The normalized spacial score (nSPS) is 11.2. The van der Waals surface area contributed by atoms with E-state index in [1.807, 2.05) is 37.3 Å². The molecule has 1 rings (SSSR count). The predicted molar refractivity (Wildman–Crippen MR) is 97.7 cm³/mol. The van der Waals surface area contributed by atoms with Gasteiger partial charge in [-0.25, -0.2) is 4.79 Å². The molecule has 0 spiro atoms. The van der Waals surface area contributed by atoms with Gasteiger partial charge in [-0.3, -0.25) is 4.79 Å². The lowest BCUT2D eigenvalue weighted by Crippen LogP contribution is -2.45. The van der Waals surface area contributed by atoms with Crippen molar-refractivity contribution in [3.05, 3.63) is 35.9 Å². The maximum absolute atomic E-state index is 11.9. The first-order valence-electron chi connectivity index (χ1n) is 7.96. The molecule has 0 heterocycles. The fraction of sp³-hybridized carbons (Fsp3) is 0.471. The molecule has 132 valence electrons. The number of amides is 2. The summed E-state index contributed by atoms with van der Waals surface area (Å²) in [5, 5.41) is 8.24. The van der Waals surface area contributed by atoms with E-state index >= 15 is 0 Å². The lowest BCUT2D eigenvalue weighted by atomic mass is 10.1. The topological polar surface area (TPSA) is 79.5 Å². The van der Waals surface area contributed by atoms with Gasteiger partial charge in [0, 0.05) is 13.6 Å². The molecule has 0 saturated carbocycles. The van der Waals surface area contributed by atoms with Gasteiger partial charge in [-0.05, 0) is 31.7 Å². The molecule has 0 fully saturated rings.